The van der Waals surface area contributed by atoms with Crippen LogP contribution in [0.5, 0.6) is 0 Å². The Morgan fingerprint density at radius 3 is 2.43 bits per heavy atom. The van der Waals surface area contributed by atoms with Crippen LogP contribution in [0.1, 0.15) is 34.8 Å². The van der Waals surface area contributed by atoms with Crippen molar-refractivity contribution in [3.8, 4) is 0 Å². The van der Waals surface area contributed by atoms with Gasteiger partial charge in [-0.3, -0.25) is 9.59 Å². The molecule has 30 heavy (non-hydrogen) atoms. The zero-order valence-corrected chi connectivity index (χ0v) is 17.7. The molecule has 0 aromatic heterocycles. The first-order valence-corrected chi connectivity index (χ1v) is 10.6. The van der Waals surface area contributed by atoms with Crippen LogP contribution in [0.15, 0.2) is 36.4 Å². The molecular formula is C24H28FN3O2. The number of hydrogen-bond acceptors (Lipinski definition) is 3. The average molecular weight is 410 g/mol. The van der Waals surface area contributed by atoms with Crippen molar-refractivity contribution in [1.82, 2.24) is 4.90 Å². The van der Waals surface area contributed by atoms with E-state index in [9.17, 15) is 14.0 Å². The zero-order valence-electron chi connectivity index (χ0n) is 17.7. The molecule has 2 aromatic rings. The largest absolute Gasteiger partial charge is 0.368 e. The summed E-state index contributed by atoms with van der Waals surface area (Å²) in [6.45, 7) is 8.77. The predicted octanol–water partition coefficient (Wildman–Crippen LogP) is 4.00. The van der Waals surface area contributed by atoms with Crippen molar-refractivity contribution in [3.63, 3.8) is 0 Å². The Kier molecular flexibility index (Phi) is 5.50. The minimum Gasteiger partial charge on any atom is -0.368 e. The number of nitrogens with one attached hydrogen (secondary N) is 1. The quantitative estimate of drug-likeness (QED) is 0.831. The second kappa shape index (κ2) is 8.09. The van der Waals surface area contributed by atoms with Gasteiger partial charge in [-0.1, -0.05) is 19.1 Å². The smallest absolute Gasteiger partial charge is 0.256 e. The number of rotatable bonds is 4. The SMILES string of the molecule is Cc1cccc(N2CCN(C(=O)c3cc(F)ccc3NC(=O)C3CC3C)CC2)c1C. The lowest BCUT2D eigenvalue weighted by atomic mass is 10.1. The highest BCUT2D eigenvalue weighted by Gasteiger charge is 2.39. The van der Waals surface area contributed by atoms with Gasteiger partial charge in [0.2, 0.25) is 5.91 Å². The van der Waals surface area contributed by atoms with Crippen molar-refractivity contribution < 1.29 is 14.0 Å². The average Bonchev–Trinajstić information content (AvgIpc) is 3.48. The highest BCUT2D eigenvalue weighted by Crippen LogP contribution is 2.38. The Labute approximate surface area is 176 Å². The van der Waals surface area contributed by atoms with E-state index in [1.807, 2.05) is 6.92 Å². The van der Waals surface area contributed by atoms with Crippen LogP contribution in [-0.2, 0) is 4.79 Å². The predicted molar refractivity (Wildman–Crippen MR) is 116 cm³/mol. The van der Waals surface area contributed by atoms with Crippen LogP contribution >= 0.6 is 0 Å². The van der Waals surface area contributed by atoms with Gasteiger partial charge in [-0.05, 0) is 61.6 Å². The van der Waals surface area contributed by atoms with E-state index >= 15 is 0 Å². The number of piperazine rings is 1. The Morgan fingerprint density at radius 1 is 1.07 bits per heavy atom. The van der Waals surface area contributed by atoms with Crippen molar-refractivity contribution in [2.45, 2.75) is 27.2 Å². The third kappa shape index (κ3) is 4.04. The summed E-state index contributed by atoms with van der Waals surface area (Å²) >= 11 is 0. The number of anilines is 2. The molecule has 0 spiro atoms. The van der Waals surface area contributed by atoms with Crippen molar-refractivity contribution >= 4 is 23.2 Å². The zero-order chi connectivity index (χ0) is 21.4. The molecule has 1 N–H and O–H groups in total. The molecule has 2 unspecified atom stereocenters. The van der Waals surface area contributed by atoms with E-state index in [1.165, 1.54) is 35.0 Å². The molecule has 4 rings (SSSR count). The Bertz CT molecular complexity index is 982. The maximum absolute atomic E-state index is 13.9. The van der Waals surface area contributed by atoms with Crippen LogP contribution in [0.4, 0.5) is 15.8 Å². The Hall–Kier alpha value is -2.89. The van der Waals surface area contributed by atoms with Crippen LogP contribution in [0.2, 0.25) is 0 Å². The number of nitrogens with zero attached hydrogens (tertiary/aromatic N) is 2. The summed E-state index contributed by atoms with van der Waals surface area (Å²) in [6.07, 6.45) is 0.858. The molecule has 1 aliphatic carbocycles. The van der Waals surface area contributed by atoms with Crippen molar-refractivity contribution in [3.05, 3.63) is 58.9 Å². The number of amides is 2. The summed E-state index contributed by atoms with van der Waals surface area (Å²) in [6, 6.07) is 10.3. The van der Waals surface area contributed by atoms with Crippen molar-refractivity contribution in [2.75, 3.05) is 36.4 Å². The minimum absolute atomic E-state index is 0.0147. The van der Waals surface area contributed by atoms with Gasteiger partial charge in [0.1, 0.15) is 5.82 Å². The highest BCUT2D eigenvalue weighted by molar-refractivity contribution is 6.04. The van der Waals surface area contributed by atoms with Gasteiger partial charge in [0, 0.05) is 37.8 Å². The molecule has 1 saturated heterocycles. The molecule has 1 aliphatic heterocycles. The molecule has 5 nitrogen and oxygen atoms in total. The summed E-state index contributed by atoms with van der Waals surface area (Å²) in [5, 5.41) is 2.83. The van der Waals surface area contributed by atoms with Crippen LogP contribution in [0.3, 0.4) is 0 Å². The minimum atomic E-state index is -0.481. The van der Waals surface area contributed by atoms with E-state index in [0.29, 0.717) is 37.8 Å². The number of aryl methyl sites for hydroxylation is 1. The lowest BCUT2D eigenvalue weighted by Crippen LogP contribution is -2.49. The lowest BCUT2D eigenvalue weighted by Gasteiger charge is -2.37. The fourth-order valence-electron chi connectivity index (χ4n) is 4.11. The van der Waals surface area contributed by atoms with Gasteiger partial charge in [-0.25, -0.2) is 4.39 Å². The Balaban J connectivity index is 1.47. The van der Waals surface area contributed by atoms with E-state index < -0.39 is 5.82 Å². The molecule has 2 amide bonds. The van der Waals surface area contributed by atoms with Crippen LogP contribution in [-0.4, -0.2) is 42.9 Å². The first kappa shape index (κ1) is 20.4. The van der Waals surface area contributed by atoms with Crippen molar-refractivity contribution in [1.29, 1.82) is 0 Å². The molecule has 0 radical (unpaired) electrons. The second-order valence-corrected chi connectivity index (χ2v) is 8.50. The van der Waals surface area contributed by atoms with E-state index in [4.69, 9.17) is 0 Å². The molecule has 1 saturated carbocycles. The number of carbonyl (C=O) groups is 2. The number of benzene rings is 2. The first-order chi connectivity index (χ1) is 14.3. The normalized spacial score (nSPS) is 20.8. The monoisotopic (exact) mass is 409 g/mol. The standard InChI is InChI=1S/C24H28FN3O2/c1-15-5-4-6-22(17(15)3)27-9-11-28(12-10-27)24(30)20-14-18(25)7-8-21(20)26-23(29)19-13-16(19)2/h4-8,14,16,19H,9-13H2,1-3H3,(H,26,29). The fourth-order valence-corrected chi connectivity index (χ4v) is 4.11. The van der Waals surface area contributed by atoms with E-state index in [1.54, 1.807) is 4.90 Å². The van der Waals surface area contributed by atoms with E-state index in [2.05, 4.69) is 42.3 Å². The third-order valence-corrected chi connectivity index (χ3v) is 6.40. The van der Waals surface area contributed by atoms with Gasteiger partial charge in [-0.15, -0.1) is 0 Å². The summed E-state index contributed by atoms with van der Waals surface area (Å²) in [4.78, 5) is 29.5. The number of halogens is 1. The lowest BCUT2D eigenvalue weighted by molar-refractivity contribution is -0.117. The van der Waals surface area contributed by atoms with Crippen molar-refractivity contribution in [2.24, 2.45) is 11.8 Å². The highest BCUT2D eigenvalue weighted by atomic mass is 19.1. The van der Waals surface area contributed by atoms with Crippen LogP contribution in [0, 0.1) is 31.5 Å². The first-order valence-electron chi connectivity index (χ1n) is 10.6. The molecule has 2 aliphatic rings. The summed E-state index contributed by atoms with van der Waals surface area (Å²) in [5.74, 6) is -0.468. The molecule has 158 valence electrons. The number of carbonyl (C=O) groups excluding carboxylic acids is 2. The maximum Gasteiger partial charge on any atom is 0.256 e. The van der Waals surface area contributed by atoms with Gasteiger partial charge in [0.25, 0.3) is 5.91 Å². The topological polar surface area (TPSA) is 52.6 Å². The second-order valence-electron chi connectivity index (χ2n) is 8.50. The van der Waals surface area contributed by atoms with Gasteiger partial charge < -0.3 is 15.1 Å². The molecule has 2 fully saturated rings. The van der Waals surface area contributed by atoms with Crippen LogP contribution < -0.4 is 10.2 Å². The van der Waals surface area contributed by atoms with Gasteiger partial charge in [-0.2, -0.15) is 0 Å². The van der Waals surface area contributed by atoms with Gasteiger partial charge >= 0.3 is 0 Å². The molecule has 2 atom stereocenters. The Morgan fingerprint density at radius 2 is 1.77 bits per heavy atom. The third-order valence-electron chi connectivity index (χ3n) is 6.40. The summed E-state index contributed by atoms with van der Waals surface area (Å²) in [5.41, 5.74) is 4.30. The number of hydrogen-bond donors (Lipinski definition) is 1. The molecule has 6 heteroatoms. The maximum atomic E-state index is 13.9. The fraction of sp³-hybridized carbons (Fsp3) is 0.417. The van der Waals surface area contributed by atoms with E-state index in [-0.39, 0.29) is 23.3 Å². The van der Waals surface area contributed by atoms with Crippen LogP contribution in [0.25, 0.3) is 0 Å². The molecule has 0 bridgehead atoms. The summed E-state index contributed by atoms with van der Waals surface area (Å²) < 4.78 is 13.9. The van der Waals surface area contributed by atoms with E-state index in [0.717, 1.165) is 6.42 Å². The molecule has 1 heterocycles. The molecular weight excluding hydrogens is 381 g/mol. The van der Waals surface area contributed by atoms with Gasteiger partial charge in [0.05, 0.1) is 11.3 Å². The van der Waals surface area contributed by atoms with Gasteiger partial charge in [0.15, 0.2) is 0 Å². The summed E-state index contributed by atoms with van der Waals surface area (Å²) in [7, 11) is 0. The molecule has 2 aromatic carbocycles.